The summed E-state index contributed by atoms with van der Waals surface area (Å²) < 4.78 is 8.22. The quantitative estimate of drug-likeness (QED) is 0.574. The van der Waals surface area contributed by atoms with Crippen LogP contribution in [0.5, 0.6) is 5.75 Å². The van der Waals surface area contributed by atoms with Crippen molar-refractivity contribution in [3.63, 3.8) is 0 Å². The molecule has 1 aromatic carbocycles. The fourth-order valence-corrected chi connectivity index (χ4v) is 3.15. The van der Waals surface area contributed by atoms with Crippen molar-refractivity contribution >= 4 is 21.4 Å². The molecule has 3 heterocycles. The molecular formula is C18H13BrN4O2. The second-order valence-corrected chi connectivity index (χ2v) is 6.32. The lowest BCUT2D eigenvalue weighted by atomic mass is 10.0. The van der Waals surface area contributed by atoms with Crippen LogP contribution in [0.25, 0.3) is 28.0 Å². The largest absolute Gasteiger partial charge is 0.496 e. The fourth-order valence-electron chi connectivity index (χ4n) is 2.79. The molecule has 0 unspecified atom stereocenters. The summed E-state index contributed by atoms with van der Waals surface area (Å²) >= 11 is 3.50. The minimum Gasteiger partial charge on any atom is -0.496 e. The highest BCUT2D eigenvalue weighted by molar-refractivity contribution is 9.10. The smallest absolute Gasteiger partial charge is 0.264 e. The van der Waals surface area contributed by atoms with Gasteiger partial charge in [0.1, 0.15) is 11.4 Å². The lowest BCUT2D eigenvalue weighted by Crippen LogP contribution is -2.05. The second kappa shape index (κ2) is 6.18. The Bertz CT molecular complexity index is 1110. The molecular weight excluding hydrogens is 384 g/mol. The van der Waals surface area contributed by atoms with E-state index < -0.39 is 0 Å². The van der Waals surface area contributed by atoms with Crippen LogP contribution in [0.4, 0.5) is 0 Å². The number of fused-ring (bicyclic) bond motifs is 1. The number of H-pyrrole nitrogens is 1. The molecule has 7 heteroatoms. The molecule has 1 N–H and O–H groups in total. The zero-order valence-corrected chi connectivity index (χ0v) is 14.8. The highest BCUT2D eigenvalue weighted by atomic mass is 79.9. The minimum atomic E-state index is -0.248. The van der Waals surface area contributed by atoms with Crippen molar-refractivity contribution in [1.82, 2.24) is 19.8 Å². The highest BCUT2D eigenvalue weighted by Gasteiger charge is 2.20. The Morgan fingerprint density at radius 1 is 1.16 bits per heavy atom. The fraction of sp³-hybridized carbons (Fsp3) is 0.0556. The van der Waals surface area contributed by atoms with Gasteiger partial charge >= 0.3 is 0 Å². The molecule has 6 nitrogen and oxygen atoms in total. The normalized spacial score (nSPS) is 11.0. The van der Waals surface area contributed by atoms with Crippen molar-refractivity contribution in [3.05, 3.63) is 69.6 Å². The van der Waals surface area contributed by atoms with Crippen molar-refractivity contribution < 1.29 is 4.74 Å². The highest BCUT2D eigenvalue weighted by Crippen LogP contribution is 2.39. The molecule has 4 rings (SSSR count). The van der Waals surface area contributed by atoms with Crippen LogP contribution in [-0.2, 0) is 0 Å². The number of halogens is 1. The Morgan fingerprint density at radius 2 is 2.04 bits per heavy atom. The molecule has 4 aromatic rings. The molecule has 3 aromatic heterocycles. The molecule has 0 atom stereocenters. The van der Waals surface area contributed by atoms with E-state index in [1.54, 1.807) is 17.7 Å². The molecule has 0 fully saturated rings. The first-order valence-electron chi connectivity index (χ1n) is 7.55. The van der Waals surface area contributed by atoms with Gasteiger partial charge in [-0.05, 0) is 36.4 Å². The third-order valence-electron chi connectivity index (χ3n) is 3.89. The number of nitrogens with zero attached hydrogens (tertiary/aromatic N) is 3. The van der Waals surface area contributed by atoms with E-state index in [0.29, 0.717) is 11.4 Å². The second-order valence-electron chi connectivity index (χ2n) is 5.41. The predicted molar refractivity (Wildman–Crippen MR) is 98.7 cm³/mol. The topological polar surface area (TPSA) is 72.3 Å². The molecule has 0 saturated heterocycles. The Labute approximate surface area is 151 Å². The van der Waals surface area contributed by atoms with Gasteiger partial charge in [-0.25, -0.2) is 9.61 Å². The lowest BCUT2D eigenvalue weighted by molar-refractivity contribution is 0.416. The number of ether oxygens (including phenoxy) is 1. The van der Waals surface area contributed by atoms with E-state index in [1.165, 1.54) is 6.07 Å². The van der Waals surface area contributed by atoms with Crippen molar-refractivity contribution in [1.29, 1.82) is 0 Å². The Morgan fingerprint density at radius 3 is 2.80 bits per heavy atom. The van der Waals surface area contributed by atoms with Crippen LogP contribution < -0.4 is 10.3 Å². The number of aromatic nitrogens is 4. The van der Waals surface area contributed by atoms with Crippen molar-refractivity contribution in [3.8, 4) is 28.3 Å². The maximum Gasteiger partial charge on any atom is 0.264 e. The molecule has 124 valence electrons. The summed E-state index contributed by atoms with van der Waals surface area (Å²) in [6.45, 7) is 0. The summed E-state index contributed by atoms with van der Waals surface area (Å²) in [5.74, 6) is 0.706. The SMILES string of the molecule is COc1ccc(Br)cc1-c1nn2ccccc2c1-c1ccc(=O)[nH]n1. The first-order chi connectivity index (χ1) is 12.2. The van der Waals surface area contributed by atoms with E-state index in [-0.39, 0.29) is 5.56 Å². The maximum absolute atomic E-state index is 11.4. The summed E-state index contributed by atoms with van der Waals surface area (Å²) in [6.07, 6.45) is 1.87. The van der Waals surface area contributed by atoms with Crippen LogP contribution in [0.2, 0.25) is 0 Å². The van der Waals surface area contributed by atoms with E-state index in [1.807, 2.05) is 42.6 Å². The van der Waals surface area contributed by atoms with Gasteiger partial charge in [0.15, 0.2) is 0 Å². The molecule has 0 aliphatic heterocycles. The van der Waals surface area contributed by atoms with Crippen LogP contribution in [0.3, 0.4) is 0 Å². The summed E-state index contributed by atoms with van der Waals surface area (Å²) in [6, 6.07) is 14.7. The van der Waals surface area contributed by atoms with Crippen LogP contribution in [0.1, 0.15) is 0 Å². The molecule has 25 heavy (non-hydrogen) atoms. The summed E-state index contributed by atoms with van der Waals surface area (Å²) in [5, 5.41) is 11.4. The van der Waals surface area contributed by atoms with E-state index in [4.69, 9.17) is 9.84 Å². The van der Waals surface area contributed by atoms with E-state index in [2.05, 4.69) is 26.1 Å². The molecule has 0 aliphatic carbocycles. The number of nitrogens with one attached hydrogen (secondary N) is 1. The number of methoxy groups -OCH3 is 1. The summed E-state index contributed by atoms with van der Waals surface area (Å²) in [7, 11) is 1.63. The maximum atomic E-state index is 11.4. The van der Waals surface area contributed by atoms with Crippen molar-refractivity contribution in [2.75, 3.05) is 7.11 Å². The van der Waals surface area contributed by atoms with Gasteiger partial charge in [0.05, 0.1) is 23.9 Å². The van der Waals surface area contributed by atoms with Gasteiger partial charge in [-0.15, -0.1) is 0 Å². The molecule has 0 spiro atoms. The number of rotatable bonds is 3. The molecule has 0 radical (unpaired) electrons. The van der Waals surface area contributed by atoms with Gasteiger partial charge in [0.25, 0.3) is 5.56 Å². The third-order valence-corrected chi connectivity index (χ3v) is 4.39. The van der Waals surface area contributed by atoms with Crippen LogP contribution in [0.15, 0.2) is 64.0 Å². The lowest BCUT2D eigenvalue weighted by Gasteiger charge is -2.08. The molecule has 0 aliphatic rings. The number of aromatic amines is 1. The number of benzene rings is 1. The first-order valence-corrected chi connectivity index (χ1v) is 8.34. The van der Waals surface area contributed by atoms with Crippen LogP contribution in [0, 0.1) is 0 Å². The van der Waals surface area contributed by atoms with Gasteiger partial charge in [-0.3, -0.25) is 4.79 Å². The minimum absolute atomic E-state index is 0.248. The van der Waals surface area contributed by atoms with E-state index >= 15 is 0 Å². The number of hydrogen-bond donors (Lipinski definition) is 1. The van der Waals surface area contributed by atoms with Crippen LogP contribution >= 0.6 is 15.9 Å². The first kappa shape index (κ1) is 15.6. The average molecular weight is 397 g/mol. The summed E-state index contributed by atoms with van der Waals surface area (Å²) in [4.78, 5) is 11.4. The monoisotopic (exact) mass is 396 g/mol. The summed E-state index contributed by atoms with van der Waals surface area (Å²) in [5.41, 5.74) is 3.67. The average Bonchev–Trinajstić information content (AvgIpc) is 3.02. The van der Waals surface area contributed by atoms with Crippen LogP contribution in [-0.4, -0.2) is 26.9 Å². The Balaban J connectivity index is 2.08. The zero-order valence-electron chi connectivity index (χ0n) is 13.2. The third kappa shape index (κ3) is 2.72. The zero-order chi connectivity index (χ0) is 17.4. The van der Waals surface area contributed by atoms with Gasteiger partial charge in [-0.1, -0.05) is 22.0 Å². The van der Waals surface area contributed by atoms with Gasteiger partial charge < -0.3 is 4.74 Å². The van der Waals surface area contributed by atoms with Gasteiger partial charge in [0.2, 0.25) is 0 Å². The standard InChI is InChI=1S/C18H13BrN4O2/c1-25-15-7-5-11(19)10-12(15)18-17(13-6-8-16(24)21-20-13)14-4-2-3-9-23(14)22-18/h2-10H,1H3,(H,21,24). The Hall–Kier alpha value is -2.93. The van der Waals surface area contributed by atoms with Crippen molar-refractivity contribution in [2.24, 2.45) is 0 Å². The predicted octanol–water partition coefficient (Wildman–Crippen LogP) is 3.52. The molecule has 0 bridgehead atoms. The van der Waals surface area contributed by atoms with E-state index in [0.717, 1.165) is 26.8 Å². The van der Waals surface area contributed by atoms with Crippen molar-refractivity contribution in [2.45, 2.75) is 0 Å². The van der Waals surface area contributed by atoms with E-state index in [9.17, 15) is 4.79 Å². The molecule has 0 amide bonds. The number of pyridine rings is 1. The number of hydrogen-bond acceptors (Lipinski definition) is 4. The molecule has 0 saturated carbocycles. The Kier molecular flexibility index (Phi) is 3.85. The van der Waals surface area contributed by atoms with Gasteiger partial charge in [0, 0.05) is 22.3 Å². The van der Waals surface area contributed by atoms with Gasteiger partial charge in [-0.2, -0.15) is 10.2 Å².